The zero-order chi connectivity index (χ0) is 43.3. The van der Waals surface area contributed by atoms with Gasteiger partial charge in [-0.3, -0.25) is 0 Å². The lowest BCUT2D eigenvalue weighted by molar-refractivity contribution is 0.666. The number of rotatable bonds is 5. The van der Waals surface area contributed by atoms with E-state index in [4.69, 9.17) is 19.4 Å². The Morgan fingerprint density at radius 1 is 0.303 bits per heavy atom. The highest BCUT2D eigenvalue weighted by molar-refractivity contribution is 6.21. The Labute approximate surface area is 378 Å². The highest BCUT2D eigenvalue weighted by Crippen LogP contribution is 2.42. The van der Waals surface area contributed by atoms with Gasteiger partial charge in [0, 0.05) is 38.2 Å². The Morgan fingerprint density at radius 3 is 1.70 bits per heavy atom. The fourth-order valence-corrected chi connectivity index (χ4v) is 10.2. The standard InChI is InChI=1S/C61H36N4O/c1-2-11-37(12-3-1)38-21-25-41(26-22-38)59-62-60(45-29-31-48-44(33-45)27-23-39-13-6-7-16-47(39)48)64-61(63-59)46-28-24-40-30-32-56-57(51(40)35-46)50-18-10-20-54(58(50)66-56)65-53-19-9-8-17-49(53)52-34-42-14-4-5-15-43(42)36-55(52)65/h1-36H. The molecule has 0 saturated carbocycles. The van der Waals surface area contributed by atoms with Crippen LogP contribution < -0.4 is 0 Å². The molecule has 14 rings (SSSR count). The Bertz CT molecular complexity index is 4280. The summed E-state index contributed by atoms with van der Waals surface area (Å²) in [5.74, 6) is 1.84. The van der Waals surface area contributed by atoms with E-state index in [9.17, 15) is 0 Å². The molecule has 0 fully saturated rings. The second-order valence-corrected chi connectivity index (χ2v) is 17.2. The number of nitrogens with zero attached hydrogens (tertiary/aromatic N) is 4. The van der Waals surface area contributed by atoms with Crippen molar-refractivity contribution in [2.45, 2.75) is 0 Å². The molecule has 66 heavy (non-hydrogen) atoms. The average Bonchev–Trinajstić information content (AvgIpc) is 3.93. The molecule has 3 aromatic heterocycles. The lowest BCUT2D eigenvalue weighted by Gasteiger charge is -2.11. The first kappa shape index (κ1) is 36.5. The van der Waals surface area contributed by atoms with E-state index in [0.29, 0.717) is 17.5 Å². The molecule has 0 radical (unpaired) electrons. The van der Waals surface area contributed by atoms with Crippen LogP contribution in [-0.2, 0) is 0 Å². The molecule has 5 heteroatoms. The minimum absolute atomic E-state index is 0.602. The number of hydrogen-bond acceptors (Lipinski definition) is 4. The van der Waals surface area contributed by atoms with Crippen LogP contribution in [0.4, 0.5) is 0 Å². The monoisotopic (exact) mass is 840 g/mol. The van der Waals surface area contributed by atoms with Crippen molar-refractivity contribution in [3.05, 3.63) is 218 Å². The predicted octanol–water partition coefficient (Wildman–Crippen LogP) is 16.1. The van der Waals surface area contributed by atoms with Gasteiger partial charge in [0.15, 0.2) is 23.1 Å². The molecule has 0 aliphatic carbocycles. The smallest absolute Gasteiger partial charge is 0.164 e. The van der Waals surface area contributed by atoms with Gasteiger partial charge < -0.3 is 8.98 Å². The molecule has 0 bridgehead atoms. The predicted molar refractivity (Wildman–Crippen MR) is 273 cm³/mol. The normalized spacial score (nSPS) is 11.9. The molecule has 14 aromatic rings. The third-order valence-electron chi connectivity index (χ3n) is 13.4. The summed E-state index contributed by atoms with van der Waals surface area (Å²) in [7, 11) is 0. The summed E-state index contributed by atoms with van der Waals surface area (Å²) in [6, 6.07) is 77.5. The SMILES string of the molecule is c1ccc(-c2ccc(-c3nc(-c4ccc5c(ccc6ccccc65)c4)nc(-c4ccc5ccc6oc7c(-n8c9ccccc9c9cc%10ccccc%10cc98)cccc7c6c5c4)n3)cc2)cc1. The van der Waals surface area contributed by atoms with Crippen molar-refractivity contribution in [3.63, 3.8) is 0 Å². The molecule has 0 amide bonds. The van der Waals surface area contributed by atoms with Gasteiger partial charge in [-0.1, -0.05) is 176 Å². The number of furan rings is 1. The van der Waals surface area contributed by atoms with Crippen LogP contribution in [0.25, 0.3) is 138 Å². The maximum Gasteiger partial charge on any atom is 0.164 e. The van der Waals surface area contributed by atoms with Gasteiger partial charge in [0.2, 0.25) is 0 Å². The van der Waals surface area contributed by atoms with Gasteiger partial charge in [-0.2, -0.15) is 0 Å². The minimum atomic E-state index is 0.602. The van der Waals surface area contributed by atoms with E-state index >= 15 is 0 Å². The summed E-state index contributed by atoms with van der Waals surface area (Å²) < 4.78 is 9.31. The molecule has 5 nitrogen and oxygen atoms in total. The van der Waals surface area contributed by atoms with Crippen LogP contribution in [0, 0.1) is 0 Å². The number of aromatic nitrogens is 4. The zero-order valence-electron chi connectivity index (χ0n) is 35.5. The van der Waals surface area contributed by atoms with Crippen molar-refractivity contribution in [3.8, 4) is 51.0 Å². The van der Waals surface area contributed by atoms with Gasteiger partial charge in [0.05, 0.1) is 16.7 Å². The van der Waals surface area contributed by atoms with E-state index in [0.717, 1.165) is 82.6 Å². The topological polar surface area (TPSA) is 56.7 Å². The second kappa shape index (κ2) is 14.3. The molecule has 0 aliphatic heterocycles. The number of benzene rings is 11. The summed E-state index contributed by atoms with van der Waals surface area (Å²) in [6.45, 7) is 0. The van der Waals surface area contributed by atoms with E-state index in [-0.39, 0.29) is 0 Å². The molecule has 11 aromatic carbocycles. The van der Waals surface area contributed by atoms with E-state index in [2.05, 4.69) is 217 Å². The van der Waals surface area contributed by atoms with Crippen LogP contribution in [-0.4, -0.2) is 19.5 Å². The van der Waals surface area contributed by atoms with E-state index in [1.54, 1.807) is 0 Å². The van der Waals surface area contributed by atoms with Gasteiger partial charge in [-0.15, -0.1) is 0 Å². The van der Waals surface area contributed by atoms with Crippen LogP contribution >= 0.6 is 0 Å². The first-order valence-corrected chi connectivity index (χ1v) is 22.3. The van der Waals surface area contributed by atoms with Crippen LogP contribution in [0.15, 0.2) is 223 Å². The van der Waals surface area contributed by atoms with Crippen LogP contribution in [0.2, 0.25) is 0 Å². The van der Waals surface area contributed by atoms with Crippen molar-refractivity contribution in [2.75, 3.05) is 0 Å². The second-order valence-electron chi connectivity index (χ2n) is 17.2. The fraction of sp³-hybridized carbons (Fsp3) is 0. The Balaban J connectivity index is 0.956. The number of para-hydroxylation sites is 2. The van der Waals surface area contributed by atoms with Crippen LogP contribution in [0.1, 0.15) is 0 Å². The molecular weight excluding hydrogens is 805 g/mol. The minimum Gasteiger partial charge on any atom is -0.454 e. The van der Waals surface area contributed by atoms with Crippen LogP contribution in [0.5, 0.6) is 0 Å². The summed E-state index contributed by atoms with van der Waals surface area (Å²) in [6.07, 6.45) is 0. The summed E-state index contributed by atoms with van der Waals surface area (Å²) in [4.78, 5) is 15.6. The van der Waals surface area contributed by atoms with Crippen molar-refractivity contribution in [1.29, 1.82) is 0 Å². The molecule has 306 valence electrons. The maximum atomic E-state index is 6.94. The van der Waals surface area contributed by atoms with Crippen molar-refractivity contribution in [1.82, 2.24) is 19.5 Å². The number of hydrogen-bond donors (Lipinski definition) is 0. The van der Waals surface area contributed by atoms with Gasteiger partial charge in [-0.25, -0.2) is 15.0 Å². The zero-order valence-corrected chi connectivity index (χ0v) is 35.5. The third-order valence-corrected chi connectivity index (χ3v) is 13.4. The molecule has 0 spiro atoms. The van der Waals surface area contributed by atoms with Gasteiger partial charge in [-0.05, 0) is 96.7 Å². The average molecular weight is 841 g/mol. The first-order chi connectivity index (χ1) is 32.7. The highest BCUT2D eigenvalue weighted by Gasteiger charge is 2.21. The van der Waals surface area contributed by atoms with E-state index < -0.39 is 0 Å². The van der Waals surface area contributed by atoms with Crippen LogP contribution in [0.3, 0.4) is 0 Å². The van der Waals surface area contributed by atoms with Gasteiger partial charge in [0.25, 0.3) is 0 Å². The lowest BCUT2D eigenvalue weighted by atomic mass is 9.99. The Hall–Kier alpha value is -8.93. The molecule has 0 N–H and O–H groups in total. The largest absolute Gasteiger partial charge is 0.454 e. The lowest BCUT2D eigenvalue weighted by Crippen LogP contribution is -2.00. The molecular formula is C61H36N4O. The number of fused-ring (bicyclic) bond motifs is 12. The summed E-state index contributed by atoms with van der Waals surface area (Å²) in [5.41, 5.74) is 9.99. The molecule has 3 heterocycles. The highest BCUT2D eigenvalue weighted by atomic mass is 16.3. The Kier molecular flexibility index (Phi) is 7.91. The van der Waals surface area contributed by atoms with Gasteiger partial charge in [0.1, 0.15) is 5.58 Å². The van der Waals surface area contributed by atoms with E-state index in [1.165, 1.54) is 37.7 Å². The van der Waals surface area contributed by atoms with Gasteiger partial charge >= 0.3 is 0 Å². The maximum absolute atomic E-state index is 6.94. The summed E-state index contributed by atoms with van der Waals surface area (Å²) >= 11 is 0. The molecule has 0 aliphatic rings. The third kappa shape index (κ3) is 5.70. The molecule has 0 unspecified atom stereocenters. The van der Waals surface area contributed by atoms with E-state index in [1.807, 2.05) is 6.07 Å². The molecule has 0 saturated heterocycles. The Morgan fingerprint density at radius 2 is 0.864 bits per heavy atom. The fourth-order valence-electron chi connectivity index (χ4n) is 10.2. The summed E-state index contributed by atoms with van der Waals surface area (Å²) in [5, 5.41) is 13.9. The first-order valence-electron chi connectivity index (χ1n) is 22.3. The van der Waals surface area contributed by atoms with Crippen molar-refractivity contribution in [2.24, 2.45) is 0 Å². The quantitative estimate of drug-likeness (QED) is 0.162. The molecule has 0 atom stereocenters. The van der Waals surface area contributed by atoms with Crippen molar-refractivity contribution < 1.29 is 4.42 Å². The van der Waals surface area contributed by atoms with Crippen molar-refractivity contribution >= 4 is 86.8 Å².